The van der Waals surface area contributed by atoms with Crippen molar-refractivity contribution < 1.29 is 24.2 Å². The van der Waals surface area contributed by atoms with Gasteiger partial charge in [-0.05, 0) is 53.0 Å². The van der Waals surface area contributed by atoms with Crippen LogP contribution in [0.5, 0.6) is 0 Å². The zero-order chi connectivity index (χ0) is 25.8. The van der Waals surface area contributed by atoms with Gasteiger partial charge in [-0.1, -0.05) is 84.0 Å². The number of nitrogens with zero attached hydrogens (tertiary/aromatic N) is 1. The number of amides is 2. The van der Waals surface area contributed by atoms with Crippen LogP contribution >= 0.6 is 0 Å². The molecule has 3 N–H and O–H groups in total. The van der Waals surface area contributed by atoms with Crippen LogP contribution in [0.4, 0.5) is 4.79 Å². The zero-order valence-electron chi connectivity index (χ0n) is 22.4. The van der Waals surface area contributed by atoms with Gasteiger partial charge in [0.2, 0.25) is 5.91 Å². The quantitative estimate of drug-likeness (QED) is 0.184. The fourth-order valence-electron chi connectivity index (χ4n) is 3.97. The van der Waals surface area contributed by atoms with E-state index in [1.54, 1.807) is 20.8 Å². The zero-order valence-corrected chi connectivity index (χ0v) is 22.4. The lowest BCUT2D eigenvalue weighted by Crippen LogP contribution is -2.50. The SMILES string of the molecule is CCCCCCCCCCCCCCCC(=O)N(C(=O)OC(C)(C)C)[C@@H](CCCCN)C(=O)O. The van der Waals surface area contributed by atoms with E-state index in [2.05, 4.69) is 6.92 Å². The van der Waals surface area contributed by atoms with Crippen LogP contribution in [0.25, 0.3) is 0 Å². The number of unbranched alkanes of at least 4 members (excludes halogenated alkanes) is 13. The Morgan fingerprint density at radius 1 is 0.794 bits per heavy atom. The molecule has 0 bridgehead atoms. The summed E-state index contributed by atoms with van der Waals surface area (Å²) in [6.07, 6.45) is 16.2. The Labute approximate surface area is 208 Å². The smallest absolute Gasteiger partial charge is 0.417 e. The molecule has 200 valence electrons. The van der Waals surface area contributed by atoms with E-state index in [1.165, 1.54) is 57.8 Å². The minimum atomic E-state index is -1.23. The van der Waals surface area contributed by atoms with E-state index >= 15 is 0 Å². The Morgan fingerprint density at radius 2 is 1.26 bits per heavy atom. The number of aliphatic carboxylic acids is 1. The molecule has 0 saturated carbocycles. The second-order valence-corrected chi connectivity index (χ2v) is 10.4. The standard InChI is InChI=1S/C27H52N2O5/c1-5-6-7-8-9-10-11-12-13-14-15-16-17-21-24(30)29(26(33)34-27(2,3)4)23(25(31)32)20-18-19-22-28/h23H,5-22,28H2,1-4H3,(H,31,32)/t23-/m0/s1. The van der Waals surface area contributed by atoms with Crippen LogP contribution in [0, 0.1) is 0 Å². The van der Waals surface area contributed by atoms with Crippen molar-refractivity contribution in [2.24, 2.45) is 5.73 Å². The maximum Gasteiger partial charge on any atom is 0.417 e. The summed E-state index contributed by atoms with van der Waals surface area (Å²) < 4.78 is 5.36. The number of ether oxygens (including phenoxy) is 1. The van der Waals surface area contributed by atoms with Crippen LogP contribution < -0.4 is 5.73 Å². The summed E-state index contributed by atoms with van der Waals surface area (Å²) in [5, 5.41) is 9.69. The predicted octanol–water partition coefficient (Wildman–Crippen LogP) is 6.81. The van der Waals surface area contributed by atoms with Crippen LogP contribution in [0.3, 0.4) is 0 Å². The number of carbonyl (C=O) groups excluding carboxylic acids is 2. The van der Waals surface area contributed by atoms with Gasteiger partial charge in [0.1, 0.15) is 11.6 Å². The molecule has 0 aromatic carbocycles. The highest BCUT2D eigenvalue weighted by Gasteiger charge is 2.36. The average Bonchev–Trinajstić information content (AvgIpc) is 2.74. The van der Waals surface area contributed by atoms with E-state index < -0.39 is 29.6 Å². The molecule has 7 heteroatoms. The van der Waals surface area contributed by atoms with Gasteiger partial charge in [-0.3, -0.25) is 4.79 Å². The van der Waals surface area contributed by atoms with Crippen molar-refractivity contribution in [1.29, 1.82) is 0 Å². The van der Waals surface area contributed by atoms with Gasteiger partial charge < -0.3 is 15.6 Å². The van der Waals surface area contributed by atoms with Gasteiger partial charge in [0, 0.05) is 6.42 Å². The Bertz CT molecular complexity index is 560. The highest BCUT2D eigenvalue weighted by Crippen LogP contribution is 2.19. The monoisotopic (exact) mass is 484 g/mol. The first-order chi connectivity index (χ1) is 16.1. The molecule has 34 heavy (non-hydrogen) atoms. The van der Waals surface area contributed by atoms with Crippen molar-refractivity contribution in [3.05, 3.63) is 0 Å². The van der Waals surface area contributed by atoms with Crippen LogP contribution in [0.15, 0.2) is 0 Å². The molecule has 0 saturated heterocycles. The fourth-order valence-corrected chi connectivity index (χ4v) is 3.97. The lowest BCUT2D eigenvalue weighted by molar-refractivity contribution is -0.150. The second-order valence-electron chi connectivity index (χ2n) is 10.4. The third-order valence-corrected chi connectivity index (χ3v) is 5.88. The Morgan fingerprint density at radius 3 is 1.68 bits per heavy atom. The van der Waals surface area contributed by atoms with Crippen molar-refractivity contribution >= 4 is 18.0 Å². The third-order valence-electron chi connectivity index (χ3n) is 5.88. The normalized spacial score (nSPS) is 12.4. The summed E-state index contributed by atoms with van der Waals surface area (Å²) in [4.78, 5) is 38.3. The summed E-state index contributed by atoms with van der Waals surface area (Å²) in [6.45, 7) is 7.77. The van der Waals surface area contributed by atoms with Gasteiger partial charge in [0.15, 0.2) is 0 Å². The number of carboxylic acid groups (broad SMARTS) is 1. The number of hydrogen-bond acceptors (Lipinski definition) is 5. The van der Waals surface area contributed by atoms with Crippen molar-refractivity contribution in [2.75, 3.05) is 6.54 Å². The minimum Gasteiger partial charge on any atom is -0.480 e. The largest absolute Gasteiger partial charge is 0.480 e. The molecule has 0 aliphatic rings. The number of hydrogen-bond donors (Lipinski definition) is 2. The molecule has 0 heterocycles. The lowest BCUT2D eigenvalue weighted by Gasteiger charge is -2.30. The van der Waals surface area contributed by atoms with E-state index in [4.69, 9.17) is 10.5 Å². The van der Waals surface area contributed by atoms with E-state index in [0.717, 1.165) is 24.2 Å². The summed E-state index contributed by atoms with van der Waals surface area (Å²) in [5.41, 5.74) is 4.70. The Hall–Kier alpha value is -1.63. The Balaban J connectivity index is 4.44. The molecule has 0 aliphatic heterocycles. The topological polar surface area (TPSA) is 110 Å². The van der Waals surface area contributed by atoms with Gasteiger partial charge in [-0.2, -0.15) is 0 Å². The van der Waals surface area contributed by atoms with Gasteiger partial charge in [-0.15, -0.1) is 0 Å². The van der Waals surface area contributed by atoms with Crippen LogP contribution in [0.1, 0.15) is 137 Å². The number of nitrogens with two attached hydrogens (primary N) is 1. The molecule has 0 aliphatic carbocycles. The van der Waals surface area contributed by atoms with E-state index in [0.29, 0.717) is 25.8 Å². The predicted molar refractivity (Wildman–Crippen MR) is 138 cm³/mol. The maximum absolute atomic E-state index is 12.9. The molecular formula is C27H52N2O5. The molecule has 0 radical (unpaired) electrons. The van der Waals surface area contributed by atoms with Crippen molar-refractivity contribution in [1.82, 2.24) is 4.90 Å². The van der Waals surface area contributed by atoms with E-state index in [1.807, 2.05) is 0 Å². The van der Waals surface area contributed by atoms with Gasteiger partial charge >= 0.3 is 12.1 Å². The van der Waals surface area contributed by atoms with Crippen LogP contribution in [-0.2, 0) is 14.3 Å². The highest BCUT2D eigenvalue weighted by molar-refractivity contribution is 5.96. The van der Waals surface area contributed by atoms with Gasteiger partial charge in [-0.25, -0.2) is 14.5 Å². The van der Waals surface area contributed by atoms with Crippen molar-refractivity contribution in [3.63, 3.8) is 0 Å². The minimum absolute atomic E-state index is 0.150. The van der Waals surface area contributed by atoms with Crippen molar-refractivity contribution in [3.8, 4) is 0 Å². The Kier molecular flexibility index (Phi) is 18.7. The summed E-state index contributed by atoms with van der Waals surface area (Å²) in [6, 6.07) is -1.23. The summed E-state index contributed by atoms with van der Waals surface area (Å²) >= 11 is 0. The number of rotatable bonds is 20. The van der Waals surface area contributed by atoms with E-state index in [-0.39, 0.29) is 12.8 Å². The molecule has 0 aromatic rings. The number of carbonyl (C=O) groups is 3. The first kappa shape index (κ1) is 32.4. The number of carboxylic acids is 1. The molecule has 7 nitrogen and oxygen atoms in total. The first-order valence-corrected chi connectivity index (χ1v) is 13.6. The van der Waals surface area contributed by atoms with Gasteiger partial charge in [0.05, 0.1) is 0 Å². The molecule has 0 rings (SSSR count). The fraction of sp³-hybridized carbons (Fsp3) is 0.889. The third kappa shape index (κ3) is 16.9. The highest BCUT2D eigenvalue weighted by atomic mass is 16.6. The molecular weight excluding hydrogens is 432 g/mol. The summed E-state index contributed by atoms with van der Waals surface area (Å²) in [7, 11) is 0. The molecule has 0 fully saturated rings. The number of imide groups is 1. The van der Waals surface area contributed by atoms with E-state index in [9.17, 15) is 19.5 Å². The second kappa shape index (κ2) is 19.7. The van der Waals surface area contributed by atoms with Crippen LogP contribution in [-0.4, -0.2) is 46.2 Å². The molecule has 2 amide bonds. The van der Waals surface area contributed by atoms with Gasteiger partial charge in [0.25, 0.3) is 0 Å². The van der Waals surface area contributed by atoms with Crippen LogP contribution in [0.2, 0.25) is 0 Å². The molecule has 0 aromatic heterocycles. The average molecular weight is 485 g/mol. The lowest BCUT2D eigenvalue weighted by atomic mass is 10.0. The maximum atomic E-state index is 12.9. The first-order valence-electron chi connectivity index (χ1n) is 13.6. The summed E-state index contributed by atoms with van der Waals surface area (Å²) in [5.74, 6) is -1.67. The molecule has 0 unspecified atom stereocenters. The molecule has 0 spiro atoms. The molecule has 1 atom stereocenters. The van der Waals surface area contributed by atoms with Crippen molar-refractivity contribution in [2.45, 2.75) is 148 Å².